The van der Waals surface area contributed by atoms with Gasteiger partial charge in [0.25, 0.3) is 11.6 Å². The summed E-state index contributed by atoms with van der Waals surface area (Å²) in [4.78, 5) is 23.8. The Kier molecular flexibility index (Phi) is 6.11. The molecule has 0 spiro atoms. The fourth-order valence-electron chi connectivity index (χ4n) is 2.35. The Morgan fingerprint density at radius 1 is 1.04 bits per heavy atom. The molecule has 0 aliphatic carbocycles. The van der Waals surface area contributed by atoms with Crippen molar-refractivity contribution in [3.8, 4) is 0 Å². The first kappa shape index (κ1) is 18.9. The summed E-state index contributed by atoms with van der Waals surface area (Å²) >= 11 is 7.56. The SMILES string of the molecule is O=C(Nc1cccc([N+](=O)[O-])c1)c1ccc(CSc2ccc(Cl)cc2)cc1. The van der Waals surface area contributed by atoms with Gasteiger partial charge >= 0.3 is 0 Å². The highest BCUT2D eigenvalue weighted by Crippen LogP contribution is 2.24. The van der Waals surface area contributed by atoms with Crippen LogP contribution in [0.5, 0.6) is 0 Å². The molecule has 0 saturated heterocycles. The molecular formula is C20H15ClN2O3S. The Bertz CT molecular complexity index is 960. The van der Waals surface area contributed by atoms with E-state index in [0.29, 0.717) is 16.3 Å². The fraction of sp³-hybridized carbons (Fsp3) is 0.0500. The van der Waals surface area contributed by atoms with Crippen LogP contribution in [0, 0.1) is 10.1 Å². The van der Waals surface area contributed by atoms with Gasteiger partial charge in [-0.3, -0.25) is 14.9 Å². The molecule has 0 unspecified atom stereocenters. The number of rotatable bonds is 6. The Morgan fingerprint density at radius 2 is 1.74 bits per heavy atom. The zero-order valence-electron chi connectivity index (χ0n) is 14.1. The lowest BCUT2D eigenvalue weighted by Crippen LogP contribution is -2.11. The lowest BCUT2D eigenvalue weighted by molar-refractivity contribution is -0.384. The number of thioether (sulfide) groups is 1. The van der Waals surface area contributed by atoms with Crippen molar-refractivity contribution in [1.29, 1.82) is 0 Å². The van der Waals surface area contributed by atoms with Crippen LogP contribution in [0.2, 0.25) is 5.02 Å². The van der Waals surface area contributed by atoms with E-state index in [1.807, 2.05) is 36.4 Å². The third-order valence-corrected chi connectivity index (χ3v) is 5.09. The minimum absolute atomic E-state index is 0.0672. The van der Waals surface area contributed by atoms with Crippen molar-refractivity contribution < 1.29 is 9.72 Å². The van der Waals surface area contributed by atoms with E-state index in [0.717, 1.165) is 16.2 Å². The number of amides is 1. The first-order valence-electron chi connectivity index (χ1n) is 8.04. The highest BCUT2D eigenvalue weighted by atomic mass is 35.5. The van der Waals surface area contributed by atoms with Gasteiger partial charge in [-0.15, -0.1) is 11.8 Å². The number of carbonyl (C=O) groups is 1. The van der Waals surface area contributed by atoms with Crippen molar-refractivity contribution >= 4 is 40.6 Å². The molecule has 0 radical (unpaired) electrons. The highest BCUT2D eigenvalue weighted by molar-refractivity contribution is 7.98. The van der Waals surface area contributed by atoms with Crippen molar-refractivity contribution in [3.63, 3.8) is 0 Å². The molecule has 136 valence electrons. The molecule has 0 aromatic heterocycles. The number of halogens is 1. The molecule has 3 rings (SSSR count). The summed E-state index contributed by atoms with van der Waals surface area (Å²) in [7, 11) is 0. The largest absolute Gasteiger partial charge is 0.322 e. The van der Waals surface area contributed by atoms with Gasteiger partial charge in [-0.1, -0.05) is 29.8 Å². The molecule has 5 nitrogen and oxygen atoms in total. The smallest absolute Gasteiger partial charge is 0.271 e. The first-order valence-corrected chi connectivity index (χ1v) is 9.41. The predicted molar refractivity (Wildman–Crippen MR) is 109 cm³/mol. The zero-order valence-corrected chi connectivity index (χ0v) is 15.7. The average Bonchev–Trinajstić information content (AvgIpc) is 2.68. The minimum atomic E-state index is -0.497. The second-order valence-corrected chi connectivity index (χ2v) is 7.19. The Hall–Kier alpha value is -2.83. The van der Waals surface area contributed by atoms with Crippen molar-refractivity contribution in [2.75, 3.05) is 5.32 Å². The number of nitrogens with zero attached hydrogens (tertiary/aromatic N) is 1. The number of hydrogen-bond acceptors (Lipinski definition) is 4. The molecule has 0 bridgehead atoms. The topological polar surface area (TPSA) is 72.2 Å². The Morgan fingerprint density at radius 3 is 2.41 bits per heavy atom. The highest BCUT2D eigenvalue weighted by Gasteiger charge is 2.10. The molecule has 0 heterocycles. The molecule has 0 aliphatic heterocycles. The van der Waals surface area contributed by atoms with Crippen molar-refractivity contribution in [2.45, 2.75) is 10.6 Å². The first-order chi connectivity index (χ1) is 13.0. The van der Waals surface area contributed by atoms with Gasteiger partial charge in [0.05, 0.1) is 4.92 Å². The molecule has 0 saturated carbocycles. The van der Waals surface area contributed by atoms with Gasteiger partial charge in [-0.2, -0.15) is 0 Å². The molecule has 3 aromatic rings. The van der Waals surface area contributed by atoms with Gasteiger partial charge in [0.2, 0.25) is 0 Å². The maximum atomic E-state index is 12.3. The minimum Gasteiger partial charge on any atom is -0.322 e. The quantitative estimate of drug-likeness (QED) is 0.324. The van der Waals surface area contributed by atoms with Gasteiger partial charge in [-0.05, 0) is 48.0 Å². The van der Waals surface area contributed by atoms with Gasteiger partial charge in [-0.25, -0.2) is 0 Å². The summed E-state index contributed by atoms with van der Waals surface area (Å²) in [5.41, 5.74) is 1.89. The van der Waals surface area contributed by atoms with E-state index in [2.05, 4.69) is 5.32 Å². The van der Waals surface area contributed by atoms with Crippen LogP contribution in [0.15, 0.2) is 77.7 Å². The van der Waals surface area contributed by atoms with Crippen LogP contribution >= 0.6 is 23.4 Å². The van der Waals surface area contributed by atoms with E-state index in [1.165, 1.54) is 18.2 Å². The van der Waals surface area contributed by atoms with E-state index in [9.17, 15) is 14.9 Å². The number of nitro benzene ring substituents is 1. The Labute approximate surface area is 165 Å². The molecule has 7 heteroatoms. The summed E-state index contributed by atoms with van der Waals surface area (Å²) in [5, 5.41) is 14.2. The van der Waals surface area contributed by atoms with Crippen molar-refractivity contribution in [1.82, 2.24) is 0 Å². The lowest BCUT2D eigenvalue weighted by Gasteiger charge is -2.07. The molecule has 1 N–H and O–H groups in total. The van der Waals surface area contributed by atoms with Crippen molar-refractivity contribution in [2.24, 2.45) is 0 Å². The summed E-state index contributed by atoms with van der Waals surface area (Å²) in [6.45, 7) is 0. The summed E-state index contributed by atoms with van der Waals surface area (Å²) in [5.74, 6) is 0.460. The second-order valence-electron chi connectivity index (χ2n) is 5.70. The number of carbonyl (C=O) groups excluding carboxylic acids is 1. The summed E-state index contributed by atoms with van der Waals surface area (Å²) < 4.78 is 0. The molecule has 3 aromatic carbocycles. The molecular weight excluding hydrogens is 384 g/mol. The molecule has 1 amide bonds. The zero-order chi connectivity index (χ0) is 19.2. The molecule has 27 heavy (non-hydrogen) atoms. The van der Waals surface area contributed by atoms with Gasteiger partial charge < -0.3 is 5.32 Å². The van der Waals surface area contributed by atoms with Crippen LogP contribution in [0.3, 0.4) is 0 Å². The molecule has 0 atom stereocenters. The van der Waals surface area contributed by atoms with E-state index >= 15 is 0 Å². The average molecular weight is 399 g/mol. The van der Waals surface area contributed by atoms with Crippen LogP contribution < -0.4 is 5.32 Å². The maximum Gasteiger partial charge on any atom is 0.271 e. The van der Waals surface area contributed by atoms with Crippen LogP contribution in [0.1, 0.15) is 15.9 Å². The third kappa shape index (κ3) is 5.32. The third-order valence-electron chi connectivity index (χ3n) is 3.75. The number of hydrogen-bond donors (Lipinski definition) is 1. The monoisotopic (exact) mass is 398 g/mol. The van der Waals surface area contributed by atoms with E-state index in [1.54, 1.807) is 30.0 Å². The number of non-ortho nitro benzene ring substituents is 1. The van der Waals surface area contributed by atoms with Crippen LogP contribution in [0.4, 0.5) is 11.4 Å². The van der Waals surface area contributed by atoms with Crippen LogP contribution in [0.25, 0.3) is 0 Å². The van der Waals surface area contributed by atoms with E-state index in [4.69, 9.17) is 11.6 Å². The van der Waals surface area contributed by atoms with Gasteiger partial charge in [0.15, 0.2) is 0 Å². The van der Waals surface area contributed by atoms with Crippen molar-refractivity contribution in [3.05, 3.63) is 99.1 Å². The van der Waals surface area contributed by atoms with Crippen LogP contribution in [-0.4, -0.2) is 10.8 Å². The van der Waals surface area contributed by atoms with Crippen LogP contribution in [-0.2, 0) is 5.75 Å². The number of nitrogens with one attached hydrogen (secondary N) is 1. The molecule has 0 fully saturated rings. The maximum absolute atomic E-state index is 12.3. The number of anilines is 1. The summed E-state index contributed by atoms with van der Waals surface area (Å²) in [6, 6.07) is 20.8. The standard InChI is InChI=1S/C20H15ClN2O3S/c21-16-8-10-19(11-9-16)27-13-14-4-6-15(7-5-14)20(24)22-17-2-1-3-18(12-17)23(25)26/h1-12H,13H2,(H,22,24). The normalized spacial score (nSPS) is 10.4. The lowest BCUT2D eigenvalue weighted by atomic mass is 10.1. The molecule has 0 aliphatic rings. The van der Waals surface area contributed by atoms with E-state index in [-0.39, 0.29) is 11.6 Å². The van der Waals surface area contributed by atoms with E-state index < -0.39 is 4.92 Å². The Balaban J connectivity index is 1.60. The predicted octanol–water partition coefficient (Wildman–Crippen LogP) is 5.79. The fourth-order valence-corrected chi connectivity index (χ4v) is 3.33. The second kappa shape index (κ2) is 8.70. The summed E-state index contributed by atoms with van der Waals surface area (Å²) in [6.07, 6.45) is 0. The van der Waals surface area contributed by atoms with Gasteiger partial charge in [0.1, 0.15) is 0 Å². The number of nitro groups is 1. The number of benzene rings is 3. The van der Waals surface area contributed by atoms with Gasteiger partial charge in [0, 0.05) is 39.1 Å².